The normalized spacial score (nSPS) is 16.0. The van der Waals surface area contributed by atoms with Gasteiger partial charge in [0.15, 0.2) is 0 Å². The van der Waals surface area contributed by atoms with Crippen LogP contribution in [0.1, 0.15) is 34.4 Å². The maximum atomic E-state index is 12.8. The van der Waals surface area contributed by atoms with Crippen molar-refractivity contribution in [3.8, 4) is 5.88 Å². The van der Waals surface area contributed by atoms with E-state index < -0.39 is 18.0 Å². The van der Waals surface area contributed by atoms with Gasteiger partial charge >= 0.3 is 6.18 Å². The molecule has 0 saturated heterocycles. The van der Waals surface area contributed by atoms with Crippen molar-refractivity contribution in [2.24, 2.45) is 0 Å². The third kappa shape index (κ3) is 6.16. The number of hydrogen-bond donors (Lipinski definition) is 1. The van der Waals surface area contributed by atoms with Gasteiger partial charge < -0.3 is 10.1 Å². The van der Waals surface area contributed by atoms with Gasteiger partial charge in [-0.3, -0.25) is 4.79 Å². The Balaban J connectivity index is 1.31. The molecule has 1 aliphatic rings. The first-order valence-corrected chi connectivity index (χ1v) is 10.8. The highest BCUT2D eigenvalue weighted by Gasteiger charge is 2.43. The Kier molecular flexibility index (Phi) is 7.03. The third-order valence-electron chi connectivity index (χ3n) is 5.70. The number of nitrogens with one attached hydrogen (secondary N) is 1. The topological polar surface area (TPSA) is 64.1 Å². The standard InChI is InChI=1S/C25H24F3N3O2/c26-25(27,28)24(32)22-12-9-19-14-17(6-8-20(19)15-29-22)7-10-21-11-13-23(31-30-21)33-16-18-4-2-1-3-5-18/h1-6,8,11,13-14,22,29H,7,9-10,12,15-16H2. The van der Waals surface area contributed by atoms with E-state index in [-0.39, 0.29) is 13.0 Å². The van der Waals surface area contributed by atoms with E-state index in [0.29, 0.717) is 25.3 Å². The van der Waals surface area contributed by atoms with E-state index in [4.69, 9.17) is 4.74 Å². The van der Waals surface area contributed by atoms with Gasteiger partial charge in [-0.1, -0.05) is 48.5 Å². The summed E-state index contributed by atoms with van der Waals surface area (Å²) >= 11 is 0. The molecule has 8 heteroatoms. The van der Waals surface area contributed by atoms with Crippen LogP contribution in [0.15, 0.2) is 60.7 Å². The van der Waals surface area contributed by atoms with Gasteiger partial charge in [-0.2, -0.15) is 18.3 Å². The summed E-state index contributed by atoms with van der Waals surface area (Å²) in [5, 5.41) is 11.1. The number of benzene rings is 2. The summed E-state index contributed by atoms with van der Waals surface area (Å²) in [7, 11) is 0. The van der Waals surface area contributed by atoms with Crippen molar-refractivity contribution in [3.63, 3.8) is 0 Å². The number of hydrogen-bond acceptors (Lipinski definition) is 5. The fourth-order valence-corrected chi connectivity index (χ4v) is 3.86. The van der Waals surface area contributed by atoms with Gasteiger partial charge in [0.2, 0.25) is 5.88 Å². The number of fused-ring (bicyclic) bond motifs is 1. The van der Waals surface area contributed by atoms with Gasteiger partial charge in [0.1, 0.15) is 6.61 Å². The predicted molar refractivity (Wildman–Crippen MR) is 117 cm³/mol. The molecule has 33 heavy (non-hydrogen) atoms. The number of aromatic nitrogens is 2. The summed E-state index contributed by atoms with van der Waals surface area (Å²) in [5.74, 6) is -1.24. The molecule has 1 aromatic heterocycles. The van der Waals surface area contributed by atoms with E-state index in [9.17, 15) is 18.0 Å². The number of ketones is 1. The Morgan fingerprint density at radius 2 is 1.79 bits per heavy atom. The lowest BCUT2D eigenvalue weighted by atomic mass is 9.97. The average molecular weight is 455 g/mol. The molecule has 1 N–H and O–H groups in total. The Morgan fingerprint density at radius 1 is 0.970 bits per heavy atom. The molecule has 0 spiro atoms. The Labute approximate surface area is 190 Å². The molecule has 5 nitrogen and oxygen atoms in total. The minimum absolute atomic E-state index is 0.130. The quantitative estimate of drug-likeness (QED) is 0.573. The van der Waals surface area contributed by atoms with Crippen LogP contribution in [0.25, 0.3) is 0 Å². The zero-order valence-corrected chi connectivity index (χ0v) is 17.9. The summed E-state index contributed by atoms with van der Waals surface area (Å²) in [6.07, 6.45) is -2.86. The Bertz CT molecular complexity index is 1090. The molecule has 1 aliphatic heterocycles. The van der Waals surface area contributed by atoms with Crippen LogP contribution in [0.4, 0.5) is 13.2 Å². The Morgan fingerprint density at radius 3 is 2.52 bits per heavy atom. The molecule has 1 unspecified atom stereocenters. The molecule has 1 atom stereocenters. The number of Topliss-reactive ketones (excluding diaryl/α,β-unsaturated/α-hetero) is 1. The van der Waals surface area contributed by atoms with E-state index in [1.165, 1.54) is 0 Å². The summed E-state index contributed by atoms with van der Waals surface area (Å²) in [6.45, 7) is 0.673. The fourth-order valence-electron chi connectivity index (χ4n) is 3.86. The van der Waals surface area contributed by atoms with Crippen molar-refractivity contribution in [1.29, 1.82) is 0 Å². The average Bonchev–Trinajstić information content (AvgIpc) is 3.04. The first-order chi connectivity index (χ1) is 15.9. The Hall–Kier alpha value is -3.26. The van der Waals surface area contributed by atoms with Gasteiger partial charge in [0, 0.05) is 12.6 Å². The molecule has 0 radical (unpaired) electrons. The number of ether oxygens (including phenoxy) is 1. The lowest BCUT2D eigenvalue weighted by Crippen LogP contribution is -2.43. The zero-order valence-electron chi connectivity index (χ0n) is 17.9. The minimum Gasteiger partial charge on any atom is -0.472 e. The molecular weight excluding hydrogens is 431 g/mol. The molecule has 0 saturated carbocycles. The van der Waals surface area contributed by atoms with Crippen molar-refractivity contribution in [3.05, 3.63) is 88.6 Å². The number of rotatable bonds is 7. The molecule has 0 bridgehead atoms. The van der Waals surface area contributed by atoms with Crippen LogP contribution in [0.3, 0.4) is 0 Å². The van der Waals surface area contributed by atoms with Crippen LogP contribution in [0.2, 0.25) is 0 Å². The maximum Gasteiger partial charge on any atom is 0.451 e. The summed E-state index contributed by atoms with van der Waals surface area (Å²) in [4.78, 5) is 11.6. The van der Waals surface area contributed by atoms with Crippen LogP contribution >= 0.6 is 0 Å². The second-order valence-corrected chi connectivity index (χ2v) is 8.07. The smallest absolute Gasteiger partial charge is 0.451 e. The van der Waals surface area contributed by atoms with Crippen molar-refractivity contribution in [2.75, 3.05) is 0 Å². The maximum absolute atomic E-state index is 12.8. The predicted octanol–water partition coefficient (Wildman–Crippen LogP) is 4.38. The van der Waals surface area contributed by atoms with Crippen LogP contribution < -0.4 is 10.1 Å². The summed E-state index contributed by atoms with van der Waals surface area (Å²) in [5.41, 5.74) is 4.86. The van der Waals surface area contributed by atoms with E-state index in [2.05, 4.69) is 15.5 Å². The molecule has 0 amide bonds. The van der Waals surface area contributed by atoms with Crippen LogP contribution in [-0.2, 0) is 37.2 Å². The van der Waals surface area contributed by atoms with Gasteiger partial charge in [0.25, 0.3) is 5.78 Å². The highest BCUT2D eigenvalue weighted by atomic mass is 19.4. The summed E-state index contributed by atoms with van der Waals surface area (Å²) in [6, 6.07) is 18.2. The van der Waals surface area contributed by atoms with Crippen molar-refractivity contribution >= 4 is 5.78 Å². The SMILES string of the molecule is O=C(C1CCc2cc(CCc3ccc(OCc4ccccc4)nn3)ccc2CN1)C(F)(F)F. The highest BCUT2D eigenvalue weighted by molar-refractivity contribution is 5.89. The second kappa shape index (κ2) is 10.1. The van der Waals surface area contributed by atoms with Crippen molar-refractivity contribution in [1.82, 2.24) is 15.5 Å². The second-order valence-electron chi connectivity index (χ2n) is 8.07. The number of nitrogens with zero attached hydrogens (tertiary/aromatic N) is 2. The zero-order chi connectivity index (χ0) is 23.3. The van der Waals surface area contributed by atoms with Crippen molar-refractivity contribution in [2.45, 2.75) is 51.1 Å². The first kappa shape index (κ1) is 22.9. The van der Waals surface area contributed by atoms with E-state index in [1.807, 2.05) is 54.6 Å². The molecule has 4 rings (SSSR count). The highest BCUT2D eigenvalue weighted by Crippen LogP contribution is 2.24. The molecule has 3 aromatic rings. The number of halogens is 3. The first-order valence-electron chi connectivity index (χ1n) is 10.8. The lowest BCUT2D eigenvalue weighted by molar-refractivity contribution is -0.173. The molecular formula is C25H24F3N3O2. The number of carbonyl (C=O) groups is 1. The molecule has 0 fully saturated rings. The molecule has 172 valence electrons. The van der Waals surface area contributed by atoms with Gasteiger partial charge in [-0.05, 0) is 54.0 Å². The summed E-state index contributed by atoms with van der Waals surface area (Å²) < 4.78 is 43.9. The van der Waals surface area contributed by atoms with Crippen LogP contribution in [0.5, 0.6) is 5.88 Å². The fraction of sp³-hybridized carbons (Fsp3) is 0.320. The van der Waals surface area contributed by atoms with Crippen molar-refractivity contribution < 1.29 is 22.7 Å². The molecule has 0 aliphatic carbocycles. The van der Waals surface area contributed by atoms with Gasteiger partial charge in [-0.25, -0.2) is 0 Å². The number of aryl methyl sites for hydroxylation is 3. The lowest BCUT2D eigenvalue weighted by Gasteiger charge is -2.15. The number of carbonyl (C=O) groups excluding carboxylic acids is 1. The van der Waals surface area contributed by atoms with Crippen LogP contribution in [-0.4, -0.2) is 28.2 Å². The van der Waals surface area contributed by atoms with Gasteiger partial charge in [0.05, 0.1) is 11.7 Å². The van der Waals surface area contributed by atoms with E-state index in [1.54, 1.807) is 6.07 Å². The van der Waals surface area contributed by atoms with E-state index >= 15 is 0 Å². The largest absolute Gasteiger partial charge is 0.472 e. The third-order valence-corrected chi connectivity index (χ3v) is 5.70. The minimum atomic E-state index is -4.82. The monoisotopic (exact) mass is 455 g/mol. The van der Waals surface area contributed by atoms with Crippen LogP contribution in [0, 0.1) is 0 Å². The number of alkyl halides is 3. The molecule has 2 heterocycles. The van der Waals surface area contributed by atoms with E-state index in [0.717, 1.165) is 34.4 Å². The van der Waals surface area contributed by atoms with Gasteiger partial charge in [-0.15, -0.1) is 5.10 Å². The molecule has 2 aromatic carbocycles.